The number of ether oxygens (including phenoxy) is 1. The van der Waals surface area contributed by atoms with E-state index in [1.807, 2.05) is 13.8 Å². The number of carbonyl (C=O) groups is 2. The molecule has 100 valence electrons. The van der Waals surface area contributed by atoms with Gasteiger partial charge in [0.15, 0.2) is 5.76 Å². The molecule has 0 aliphatic heterocycles. The molecule has 0 aliphatic carbocycles. The van der Waals surface area contributed by atoms with Crippen LogP contribution in [0.15, 0.2) is 10.5 Å². The van der Waals surface area contributed by atoms with E-state index in [9.17, 15) is 9.59 Å². The van der Waals surface area contributed by atoms with E-state index in [-0.39, 0.29) is 12.4 Å². The van der Waals surface area contributed by atoms with Crippen molar-refractivity contribution in [2.45, 2.75) is 26.3 Å². The first-order valence-electron chi connectivity index (χ1n) is 5.68. The van der Waals surface area contributed by atoms with Gasteiger partial charge in [0, 0.05) is 13.5 Å². The number of aryl methyl sites for hydroxylation is 2. The minimum atomic E-state index is -0.863. The molecule has 3 N–H and O–H groups in total. The molecule has 0 spiro atoms. The average Bonchev–Trinajstić information content (AvgIpc) is 2.69. The number of hydrogen-bond acceptors (Lipinski definition) is 4. The van der Waals surface area contributed by atoms with Crippen LogP contribution in [0.3, 0.4) is 0 Å². The standard InChI is InChI=1S/C12H18N2O4/c1-4-9-7(2)5-10(18-9)12(16)14-8(6-17-3)11(13)15/h5,8H,4,6H2,1-3H3,(H2,13,15)(H,14,16). The van der Waals surface area contributed by atoms with Crippen molar-refractivity contribution in [2.75, 3.05) is 13.7 Å². The Labute approximate surface area is 105 Å². The highest BCUT2D eigenvalue weighted by atomic mass is 16.5. The lowest BCUT2D eigenvalue weighted by atomic mass is 10.2. The van der Waals surface area contributed by atoms with Crippen LogP contribution >= 0.6 is 0 Å². The molecule has 0 bridgehead atoms. The van der Waals surface area contributed by atoms with Gasteiger partial charge in [0.2, 0.25) is 5.91 Å². The summed E-state index contributed by atoms with van der Waals surface area (Å²) in [6.07, 6.45) is 0.705. The number of hydrogen-bond donors (Lipinski definition) is 2. The number of rotatable bonds is 6. The second-order valence-electron chi connectivity index (χ2n) is 3.95. The van der Waals surface area contributed by atoms with Gasteiger partial charge in [-0.05, 0) is 18.6 Å². The van der Waals surface area contributed by atoms with Gasteiger partial charge < -0.3 is 20.2 Å². The van der Waals surface area contributed by atoms with E-state index >= 15 is 0 Å². The van der Waals surface area contributed by atoms with Crippen LogP contribution in [-0.4, -0.2) is 31.6 Å². The molecule has 6 nitrogen and oxygen atoms in total. The maximum Gasteiger partial charge on any atom is 0.287 e. The van der Waals surface area contributed by atoms with E-state index in [1.165, 1.54) is 7.11 Å². The molecule has 0 saturated carbocycles. The highest BCUT2D eigenvalue weighted by Crippen LogP contribution is 2.15. The van der Waals surface area contributed by atoms with Crippen LogP contribution in [0.25, 0.3) is 0 Å². The van der Waals surface area contributed by atoms with E-state index in [0.717, 1.165) is 11.3 Å². The van der Waals surface area contributed by atoms with Crippen LogP contribution in [0.2, 0.25) is 0 Å². The SMILES string of the molecule is CCc1oc(C(=O)NC(COC)C(N)=O)cc1C. The minimum absolute atomic E-state index is 0.0292. The molecule has 2 amide bonds. The zero-order chi connectivity index (χ0) is 13.7. The second-order valence-corrected chi connectivity index (χ2v) is 3.95. The summed E-state index contributed by atoms with van der Waals surface area (Å²) in [4.78, 5) is 22.9. The molecular weight excluding hydrogens is 236 g/mol. The van der Waals surface area contributed by atoms with Crippen LogP contribution < -0.4 is 11.1 Å². The summed E-state index contributed by atoms with van der Waals surface area (Å²) in [6, 6.07) is 0.775. The predicted molar refractivity (Wildman–Crippen MR) is 65.1 cm³/mol. The van der Waals surface area contributed by atoms with Crippen LogP contribution in [0.4, 0.5) is 0 Å². The number of nitrogens with one attached hydrogen (secondary N) is 1. The lowest BCUT2D eigenvalue weighted by molar-refractivity contribution is -0.121. The fraction of sp³-hybridized carbons (Fsp3) is 0.500. The number of methoxy groups -OCH3 is 1. The topological polar surface area (TPSA) is 94.6 Å². The van der Waals surface area contributed by atoms with Gasteiger partial charge in [0.05, 0.1) is 6.61 Å². The van der Waals surface area contributed by atoms with Crippen molar-refractivity contribution >= 4 is 11.8 Å². The molecule has 18 heavy (non-hydrogen) atoms. The molecular formula is C12H18N2O4. The molecule has 1 unspecified atom stereocenters. The molecule has 1 heterocycles. The summed E-state index contributed by atoms with van der Waals surface area (Å²) >= 11 is 0. The van der Waals surface area contributed by atoms with Gasteiger partial charge in [-0.3, -0.25) is 9.59 Å². The van der Waals surface area contributed by atoms with Crippen molar-refractivity contribution in [1.29, 1.82) is 0 Å². The zero-order valence-electron chi connectivity index (χ0n) is 10.8. The van der Waals surface area contributed by atoms with Gasteiger partial charge in [-0.15, -0.1) is 0 Å². The molecule has 6 heteroatoms. The van der Waals surface area contributed by atoms with Crippen LogP contribution in [0.5, 0.6) is 0 Å². The van der Waals surface area contributed by atoms with E-state index < -0.39 is 17.9 Å². The number of furan rings is 1. The van der Waals surface area contributed by atoms with Crippen LogP contribution in [0, 0.1) is 6.92 Å². The number of amides is 2. The largest absolute Gasteiger partial charge is 0.456 e. The van der Waals surface area contributed by atoms with E-state index in [0.29, 0.717) is 6.42 Å². The minimum Gasteiger partial charge on any atom is -0.456 e. The van der Waals surface area contributed by atoms with Gasteiger partial charge in [-0.25, -0.2) is 0 Å². The lowest BCUT2D eigenvalue weighted by Crippen LogP contribution is -2.47. The van der Waals surface area contributed by atoms with Crippen molar-refractivity contribution in [1.82, 2.24) is 5.32 Å². The van der Waals surface area contributed by atoms with Gasteiger partial charge in [-0.2, -0.15) is 0 Å². The Morgan fingerprint density at radius 1 is 1.56 bits per heavy atom. The summed E-state index contributed by atoms with van der Waals surface area (Å²) in [5, 5.41) is 2.47. The highest BCUT2D eigenvalue weighted by Gasteiger charge is 2.21. The third-order valence-electron chi connectivity index (χ3n) is 2.55. The quantitative estimate of drug-likeness (QED) is 0.767. The summed E-state index contributed by atoms with van der Waals surface area (Å²) in [6.45, 7) is 3.83. The first-order valence-corrected chi connectivity index (χ1v) is 5.68. The van der Waals surface area contributed by atoms with E-state index in [4.69, 9.17) is 14.9 Å². The van der Waals surface area contributed by atoms with E-state index in [2.05, 4.69) is 5.32 Å². The Morgan fingerprint density at radius 3 is 2.67 bits per heavy atom. The maximum atomic E-state index is 11.8. The third-order valence-corrected chi connectivity index (χ3v) is 2.55. The first-order chi connectivity index (χ1) is 8.49. The molecule has 1 rings (SSSR count). The molecule has 1 aromatic rings. The Hall–Kier alpha value is -1.82. The molecule has 0 saturated heterocycles. The monoisotopic (exact) mass is 254 g/mol. The van der Waals surface area contributed by atoms with Crippen molar-refractivity contribution in [3.8, 4) is 0 Å². The van der Waals surface area contributed by atoms with Gasteiger partial charge in [0.25, 0.3) is 5.91 Å². The van der Waals surface area contributed by atoms with Crippen LogP contribution in [-0.2, 0) is 16.0 Å². The lowest BCUT2D eigenvalue weighted by Gasteiger charge is -2.13. The van der Waals surface area contributed by atoms with Gasteiger partial charge >= 0.3 is 0 Å². The van der Waals surface area contributed by atoms with Crippen molar-refractivity contribution in [2.24, 2.45) is 5.73 Å². The fourth-order valence-corrected chi connectivity index (χ4v) is 1.57. The Kier molecular flexibility index (Phi) is 4.91. The molecule has 1 aromatic heterocycles. The van der Waals surface area contributed by atoms with Crippen molar-refractivity contribution < 1.29 is 18.7 Å². The summed E-state index contributed by atoms with van der Waals surface area (Å²) < 4.78 is 10.2. The zero-order valence-corrected chi connectivity index (χ0v) is 10.8. The number of nitrogens with two attached hydrogens (primary N) is 1. The summed E-state index contributed by atoms with van der Waals surface area (Å²) in [5.74, 6) is -0.197. The van der Waals surface area contributed by atoms with Crippen molar-refractivity contribution in [3.05, 3.63) is 23.2 Å². The van der Waals surface area contributed by atoms with Gasteiger partial charge in [-0.1, -0.05) is 6.92 Å². The Morgan fingerprint density at radius 2 is 2.22 bits per heavy atom. The predicted octanol–water partition coefficient (Wildman–Crippen LogP) is 0.381. The molecule has 1 atom stereocenters. The number of primary amides is 1. The normalized spacial score (nSPS) is 12.2. The van der Waals surface area contributed by atoms with Gasteiger partial charge in [0.1, 0.15) is 11.8 Å². The highest BCUT2D eigenvalue weighted by molar-refractivity contribution is 5.95. The first kappa shape index (κ1) is 14.2. The number of carbonyl (C=O) groups excluding carboxylic acids is 2. The Bertz CT molecular complexity index is 439. The summed E-state index contributed by atoms with van der Waals surface area (Å²) in [5.41, 5.74) is 6.05. The molecule has 0 fully saturated rings. The maximum absolute atomic E-state index is 11.8. The van der Waals surface area contributed by atoms with E-state index in [1.54, 1.807) is 6.07 Å². The average molecular weight is 254 g/mol. The van der Waals surface area contributed by atoms with Crippen LogP contribution in [0.1, 0.15) is 28.8 Å². The Balaban J connectivity index is 2.77. The summed E-state index contributed by atoms with van der Waals surface area (Å²) in [7, 11) is 1.42. The smallest absolute Gasteiger partial charge is 0.287 e. The fourth-order valence-electron chi connectivity index (χ4n) is 1.57. The second kappa shape index (κ2) is 6.20. The third kappa shape index (κ3) is 3.33. The molecule has 0 radical (unpaired) electrons. The van der Waals surface area contributed by atoms with Crippen molar-refractivity contribution in [3.63, 3.8) is 0 Å². The molecule has 0 aromatic carbocycles. The molecule has 0 aliphatic rings.